The number of methoxy groups -OCH3 is 1. The molecule has 0 spiro atoms. The molecular formula is C29H36N4O5S. The van der Waals surface area contributed by atoms with Gasteiger partial charge in [-0.25, -0.2) is 8.42 Å². The number of benzene rings is 1. The Labute approximate surface area is 230 Å². The van der Waals surface area contributed by atoms with Crippen LogP contribution in [0.5, 0.6) is 5.75 Å². The Hall–Kier alpha value is -3.21. The number of fused-ring (bicyclic) bond motifs is 1. The lowest BCUT2D eigenvalue weighted by Gasteiger charge is -2.36. The molecule has 1 amide bonds. The fourth-order valence-electron chi connectivity index (χ4n) is 5.84. The van der Waals surface area contributed by atoms with Crippen molar-refractivity contribution in [3.63, 3.8) is 0 Å². The van der Waals surface area contributed by atoms with Crippen molar-refractivity contribution in [3.05, 3.63) is 77.4 Å². The quantitative estimate of drug-likeness (QED) is 0.423. The van der Waals surface area contributed by atoms with E-state index in [9.17, 15) is 13.2 Å². The van der Waals surface area contributed by atoms with Crippen LogP contribution in [0.15, 0.2) is 59.8 Å². The number of amides is 1. The van der Waals surface area contributed by atoms with Crippen LogP contribution in [-0.4, -0.2) is 73.0 Å². The summed E-state index contributed by atoms with van der Waals surface area (Å²) in [7, 11) is -2.27. The summed E-state index contributed by atoms with van der Waals surface area (Å²) >= 11 is 0. The Morgan fingerprint density at radius 2 is 1.77 bits per heavy atom. The van der Waals surface area contributed by atoms with Gasteiger partial charge in [0.25, 0.3) is 0 Å². The van der Waals surface area contributed by atoms with Gasteiger partial charge >= 0.3 is 0 Å². The summed E-state index contributed by atoms with van der Waals surface area (Å²) in [5, 5.41) is 0. The molecule has 1 saturated heterocycles. The van der Waals surface area contributed by atoms with Gasteiger partial charge in [-0.1, -0.05) is 6.07 Å². The monoisotopic (exact) mass is 552 g/mol. The van der Waals surface area contributed by atoms with Gasteiger partial charge in [0.2, 0.25) is 15.9 Å². The van der Waals surface area contributed by atoms with E-state index in [2.05, 4.69) is 9.55 Å². The highest BCUT2D eigenvalue weighted by molar-refractivity contribution is 7.89. The van der Waals surface area contributed by atoms with Gasteiger partial charge in [0.1, 0.15) is 12.4 Å². The summed E-state index contributed by atoms with van der Waals surface area (Å²) in [6.45, 7) is 5.77. The van der Waals surface area contributed by atoms with E-state index in [4.69, 9.17) is 9.47 Å². The van der Waals surface area contributed by atoms with E-state index in [0.29, 0.717) is 53.9 Å². The summed E-state index contributed by atoms with van der Waals surface area (Å²) < 4.78 is 42.9. The molecule has 2 aliphatic rings. The minimum Gasteiger partial charge on any atom is -0.497 e. The maximum atomic E-state index is 14.0. The van der Waals surface area contributed by atoms with Crippen LogP contribution in [0, 0.1) is 13.8 Å². The summed E-state index contributed by atoms with van der Waals surface area (Å²) in [6.07, 6.45) is 5.49. The van der Waals surface area contributed by atoms with Gasteiger partial charge in [0.15, 0.2) is 0 Å². The number of carbonyl (C=O) groups excluding carboxylic acids is 1. The lowest BCUT2D eigenvalue weighted by molar-refractivity contribution is -0.137. The molecule has 39 heavy (non-hydrogen) atoms. The Kier molecular flexibility index (Phi) is 8.06. The predicted octanol–water partition coefficient (Wildman–Crippen LogP) is 3.68. The van der Waals surface area contributed by atoms with Gasteiger partial charge in [-0.3, -0.25) is 9.78 Å². The maximum Gasteiger partial charge on any atom is 0.248 e. The van der Waals surface area contributed by atoms with Crippen molar-refractivity contribution >= 4 is 15.9 Å². The smallest absolute Gasteiger partial charge is 0.248 e. The van der Waals surface area contributed by atoms with E-state index in [1.54, 1.807) is 33.1 Å². The minimum atomic E-state index is -3.84. The first kappa shape index (κ1) is 27.4. The van der Waals surface area contributed by atoms with Crippen LogP contribution in [0.4, 0.5) is 0 Å². The molecule has 0 radical (unpaired) electrons. The third-order valence-electron chi connectivity index (χ3n) is 7.81. The SMILES string of the molecule is COc1cc(C)c(S(=O)(=O)N2CCn3cccc3C2COCC(=O)N2CCC(c3ccccn3)CC2)c(C)c1. The Bertz CT molecular complexity index is 1390. The van der Waals surface area contributed by atoms with E-state index in [1.807, 2.05) is 47.6 Å². The number of aromatic nitrogens is 2. The largest absolute Gasteiger partial charge is 0.497 e. The summed E-state index contributed by atoms with van der Waals surface area (Å²) in [5.41, 5.74) is 3.20. The molecule has 10 heteroatoms. The highest BCUT2D eigenvalue weighted by Gasteiger charge is 2.38. The number of aryl methyl sites for hydroxylation is 2. The first-order chi connectivity index (χ1) is 18.8. The van der Waals surface area contributed by atoms with E-state index in [0.717, 1.165) is 24.2 Å². The van der Waals surface area contributed by atoms with Crippen molar-refractivity contribution in [3.8, 4) is 5.75 Å². The zero-order valence-electron chi connectivity index (χ0n) is 22.7. The normalized spacial score (nSPS) is 18.6. The second kappa shape index (κ2) is 11.5. The summed E-state index contributed by atoms with van der Waals surface area (Å²) in [4.78, 5) is 19.6. The zero-order chi connectivity index (χ0) is 27.6. The predicted molar refractivity (Wildman–Crippen MR) is 147 cm³/mol. The second-order valence-electron chi connectivity index (χ2n) is 10.3. The van der Waals surface area contributed by atoms with Crippen LogP contribution in [0.3, 0.4) is 0 Å². The van der Waals surface area contributed by atoms with Gasteiger partial charge in [0, 0.05) is 55.9 Å². The molecule has 208 valence electrons. The topological polar surface area (TPSA) is 94.0 Å². The number of hydrogen-bond acceptors (Lipinski definition) is 6. The lowest BCUT2D eigenvalue weighted by atomic mass is 9.93. The Morgan fingerprint density at radius 3 is 2.44 bits per heavy atom. The average molecular weight is 553 g/mol. The number of sulfonamides is 1. The van der Waals surface area contributed by atoms with Gasteiger partial charge in [-0.15, -0.1) is 0 Å². The number of hydrogen-bond donors (Lipinski definition) is 0. The van der Waals surface area contributed by atoms with E-state index in [-0.39, 0.29) is 19.1 Å². The lowest BCUT2D eigenvalue weighted by Crippen LogP contribution is -2.45. The molecule has 1 fully saturated rings. The van der Waals surface area contributed by atoms with Crippen molar-refractivity contribution in [2.24, 2.45) is 0 Å². The van der Waals surface area contributed by atoms with Gasteiger partial charge < -0.3 is 18.9 Å². The number of carbonyl (C=O) groups is 1. The highest BCUT2D eigenvalue weighted by Crippen LogP contribution is 2.35. The number of likely N-dealkylation sites (tertiary alicyclic amines) is 1. The second-order valence-corrected chi connectivity index (χ2v) is 12.1. The molecule has 0 bridgehead atoms. The minimum absolute atomic E-state index is 0.0723. The van der Waals surface area contributed by atoms with Crippen molar-refractivity contribution < 1.29 is 22.7 Å². The van der Waals surface area contributed by atoms with Crippen molar-refractivity contribution in [1.29, 1.82) is 0 Å². The third-order valence-corrected chi connectivity index (χ3v) is 10.0. The highest BCUT2D eigenvalue weighted by atomic mass is 32.2. The molecule has 9 nitrogen and oxygen atoms in total. The van der Waals surface area contributed by atoms with Gasteiger partial charge in [-0.05, 0) is 74.2 Å². The fraction of sp³-hybridized carbons (Fsp3) is 0.448. The van der Waals surface area contributed by atoms with Crippen LogP contribution < -0.4 is 4.74 Å². The van der Waals surface area contributed by atoms with E-state index < -0.39 is 16.1 Å². The van der Waals surface area contributed by atoms with Gasteiger partial charge in [0.05, 0.1) is 24.7 Å². The molecule has 1 unspecified atom stereocenters. The zero-order valence-corrected chi connectivity index (χ0v) is 23.6. The number of nitrogens with zero attached hydrogens (tertiary/aromatic N) is 4. The van der Waals surface area contributed by atoms with Crippen LogP contribution >= 0.6 is 0 Å². The number of rotatable bonds is 8. The first-order valence-electron chi connectivity index (χ1n) is 13.4. The number of piperidine rings is 1. The van der Waals surface area contributed by atoms with Crippen molar-refractivity contribution in [2.75, 3.05) is 40.0 Å². The third kappa shape index (κ3) is 5.59. The Morgan fingerprint density at radius 1 is 1.03 bits per heavy atom. The van der Waals surface area contributed by atoms with E-state index in [1.165, 1.54) is 4.31 Å². The first-order valence-corrected chi connectivity index (χ1v) is 14.8. The Balaban J connectivity index is 1.27. The molecule has 0 saturated carbocycles. The van der Waals surface area contributed by atoms with E-state index >= 15 is 0 Å². The molecule has 0 aliphatic carbocycles. The molecular weight excluding hydrogens is 516 g/mol. The number of pyridine rings is 1. The van der Waals surface area contributed by atoms with Crippen LogP contribution in [0.2, 0.25) is 0 Å². The average Bonchev–Trinajstić information content (AvgIpc) is 3.42. The molecule has 2 aliphatic heterocycles. The van der Waals surface area contributed by atoms with Crippen LogP contribution in [0.1, 0.15) is 47.3 Å². The standard InChI is InChI=1S/C29H36N4O5S/c1-21-17-24(37-3)18-22(2)29(21)39(35,36)33-16-15-31-12-6-8-26(31)27(33)19-38-20-28(34)32-13-9-23(10-14-32)25-7-4-5-11-30-25/h4-8,11-12,17-18,23,27H,9-10,13-16,19-20H2,1-3H3. The summed E-state index contributed by atoms with van der Waals surface area (Å²) in [5.74, 6) is 0.908. The fourth-order valence-corrected chi connectivity index (χ4v) is 7.84. The number of ether oxygens (including phenoxy) is 2. The molecule has 4 heterocycles. The van der Waals surface area contributed by atoms with Crippen LogP contribution in [0.25, 0.3) is 0 Å². The van der Waals surface area contributed by atoms with Crippen molar-refractivity contribution in [1.82, 2.24) is 18.8 Å². The van der Waals surface area contributed by atoms with Gasteiger partial charge in [-0.2, -0.15) is 4.31 Å². The maximum absolute atomic E-state index is 14.0. The molecule has 3 aromatic rings. The van der Waals surface area contributed by atoms with Crippen molar-refractivity contribution in [2.45, 2.75) is 50.1 Å². The molecule has 2 aromatic heterocycles. The molecule has 1 aromatic carbocycles. The molecule has 0 N–H and O–H groups in total. The molecule has 5 rings (SSSR count). The molecule has 1 atom stereocenters. The van der Waals surface area contributed by atoms with Crippen LogP contribution in [-0.2, 0) is 26.1 Å². The summed E-state index contributed by atoms with van der Waals surface area (Å²) in [6, 6.07) is 12.7.